The van der Waals surface area contributed by atoms with E-state index in [0.29, 0.717) is 28.3 Å². The maximum Gasteiger partial charge on any atom is 0.211 e. The predicted molar refractivity (Wildman–Crippen MR) is 120 cm³/mol. The van der Waals surface area contributed by atoms with Gasteiger partial charge in [-0.05, 0) is 59.2 Å². The summed E-state index contributed by atoms with van der Waals surface area (Å²) >= 11 is 0. The molecule has 0 saturated heterocycles. The average molecular weight is 430 g/mol. The van der Waals surface area contributed by atoms with Crippen LogP contribution in [-0.4, -0.2) is 42.2 Å². The molecule has 0 unspecified atom stereocenters. The molecule has 1 N–H and O–H groups in total. The molecule has 4 rings (SSSR count). The SMILES string of the molecule is COc1cc(C(=O)c2ccc3c(-c4ccncc4)c(CO)ccc3n2)cc(OC)c1OC. The highest BCUT2D eigenvalue weighted by Gasteiger charge is 2.20. The zero-order valence-electron chi connectivity index (χ0n) is 18.0. The minimum Gasteiger partial charge on any atom is -0.493 e. The number of aromatic nitrogens is 2. The van der Waals surface area contributed by atoms with Gasteiger partial charge in [-0.25, -0.2) is 4.98 Å². The molecule has 2 aromatic carbocycles. The van der Waals surface area contributed by atoms with Crippen molar-refractivity contribution in [1.82, 2.24) is 9.97 Å². The van der Waals surface area contributed by atoms with Gasteiger partial charge < -0.3 is 19.3 Å². The van der Waals surface area contributed by atoms with Crippen molar-refractivity contribution in [2.45, 2.75) is 6.61 Å². The summed E-state index contributed by atoms with van der Waals surface area (Å²) in [5.41, 5.74) is 3.85. The molecule has 2 aromatic heterocycles. The molecule has 0 saturated carbocycles. The van der Waals surface area contributed by atoms with Crippen molar-refractivity contribution in [3.8, 4) is 28.4 Å². The quantitative estimate of drug-likeness (QED) is 0.442. The summed E-state index contributed by atoms with van der Waals surface area (Å²) in [5.74, 6) is 0.923. The van der Waals surface area contributed by atoms with Gasteiger partial charge in [-0.2, -0.15) is 0 Å². The fourth-order valence-corrected chi connectivity index (χ4v) is 3.73. The number of ketones is 1. The zero-order valence-corrected chi connectivity index (χ0v) is 18.0. The van der Waals surface area contributed by atoms with E-state index < -0.39 is 0 Å². The van der Waals surface area contributed by atoms with Crippen molar-refractivity contribution >= 4 is 16.7 Å². The monoisotopic (exact) mass is 430 g/mol. The Labute approximate surface area is 185 Å². The number of carbonyl (C=O) groups excluding carboxylic acids is 1. The first kappa shape index (κ1) is 21.3. The van der Waals surface area contributed by atoms with Gasteiger partial charge in [-0.1, -0.05) is 6.07 Å². The number of hydrogen-bond donors (Lipinski definition) is 1. The van der Waals surface area contributed by atoms with E-state index in [2.05, 4.69) is 9.97 Å². The summed E-state index contributed by atoms with van der Waals surface area (Å²) in [6, 6.07) is 14.1. The fraction of sp³-hybridized carbons (Fsp3) is 0.160. The Hall–Kier alpha value is -3.97. The lowest BCUT2D eigenvalue weighted by molar-refractivity contribution is 0.103. The van der Waals surface area contributed by atoms with Crippen LogP contribution in [0.25, 0.3) is 22.0 Å². The van der Waals surface area contributed by atoms with Crippen molar-refractivity contribution in [1.29, 1.82) is 0 Å². The number of methoxy groups -OCH3 is 3. The second-order valence-electron chi connectivity index (χ2n) is 7.00. The summed E-state index contributed by atoms with van der Waals surface area (Å²) in [6.07, 6.45) is 3.40. The molecule has 7 heteroatoms. The van der Waals surface area contributed by atoms with E-state index in [1.165, 1.54) is 21.3 Å². The maximum atomic E-state index is 13.2. The molecule has 0 fully saturated rings. The first-order valence-electron chi connectivity index (χ1n) is 9.89. The number of nitrogens with zero attached hydrogens (tertiary/aromatic N) is 2. The molecule has 0 atom stereocenters. The van der Waals surface area contributed by atoms with E-state index in [1.54, 1.807) is 36.7 Å². The van der Waals surface area contributed by atoms with Gasteiger partial charge in [0.15, 0.2) is 11.5 Å². The molecule has 162 valence electrons. The minimum absolute atomic E-state index is 0.111. The topological polar surface area (TPSA) is 90.8 Å². The third-order valence-electron chi connectivity index (χ3n) is 5.26. The Morgan fingerprint density at radius 1 is 0.906 bits per heavy atom. The summed E-state index contributed by atoms with van der Waals surface area (Å²) < 4.78 is 16.1. The largest absolute Gasteiger partial charge is 0.493 e. The van der Waals surface area contributed by atoms with Gasteiger partial charge in [-0.15, -0.1) is 0 Å². The summed E-state index contributed by atoms with van der Waals surface area (Å²) in [6.45, 7) is -0.111. The van der Waals surface area contributed by atoms with Crippen LogP contribution in [0, 0.1) is 0 Å². The summed E-state index contributed by atoms with van der Waals surface area (Å²) in [7, 11) is 4.51. The van der Waals surface area contributed by atoms with Crippen molar-refractivity contribution in [3.63, 3.8) is 0 Å². The first-order chi connectivity index (χ1) is 15.6. The number of hydrogen-bond acceptors (Lipinski definition) is 7. The molecule has 0 bridgehead atoms. The van der Waals surface area contributed by atoms with Crippen LogP contribution in [0.4, 0.5) is 0 Å². The van der Waals surface area contributed by atoms with Crippen LogP contribution in [-0.2, 0) is 6.61 Å². The third-order valence-corrected chi connectivity index (χ3v) is 5.26. The molecule has 32 heavy (non-hydrogen) atoms. The number of rotatable bonds is 7. The molecule has 4 aromatic rings. The lowest BCUT2D eigenvalue weighted by Gasteiger charge is -2.14. The number of aliphatic hydroxyl groups excluding tert-OH is 1. The van der Waals surface area contributed by atoms with E-state index in [4.69, 9.17) is 14.2 Å². The van der Waals surface area contributed by atoms with Gasteiger partial charge in [0, 0.05) is 23.3 Å². The number of fused-ring (bicyclic) bond motifs is 1. The van der Waals surface area contributed by atoms with E-state index in [-0.39, 0.29) is 18.1 Å². The molecule has 0 radical (unpaired) electrons. The second kappa shape index (κ2) is 9.03. The maximum absolute atomic E-state index is 13.2. The second-order valence-corrected chi connectivity index (χ2v) is 7.00. The number of aliphatic hydroxyl groups is 1. The van der Waals surface area contributed by atoms with Crippen molar-refractivity contribution < 1.29 is 24.1 Å². The Kier molecular flexibility index (Phi) is 6.00. The molecule has 0 amide bonds. The summed E-state index contributed by atoms with van der Waals surface area (Å²) in [4.78, 5) is 21.9. The first-order valence-corrected chi connectivity index (χ1v) is 9.89. The molecule has 7 nitrogen and oxygen atoms in total. The fourth-order valence-electron chi connectivity index (χ4n) is 3.73. The lowest BCUT2D eigenvalue weighted by Crippen LogP contribution is -2.06. The van der Waals surface area contributed by atoms with Gasteiger partial charge in [-0.3, -0.25) is 9.78 Å². The number of carbonyl (C=O) groups is 1. The van der Waals surface area contributed by atoms with Crippen LogP contribution in [0.5, 0.6) is 17.2 Å². The van der Waals surface area contributed by atoms with E-state index in [9.17, 15) is 9.90 Å². The van der Waals surface area contributed by atoms with Crippen LogP contribution in [0.15, 0.2) is 60.9 Å². The number of benzene rings is 2. The van der Waals surface area contributed by atoms with Crippen LogP contribution in [0.3, 0.4) is 0 Å². The van der Waals surface area contributed by atoms with Crippen molar-refractivity contribution in [2.24, 2.45) is 0 Å². The van der Waals surface area contributed by atoms with Gasteiger partial charge in [0.2, 0.25) is 11.5 Å². The number of pyridine rings is 2. The molecule has 0 aliphatic heterocycles. The van der Waals surface area contributed by atoms with Gasteiger partial charge in [0.1, 0.15) is 5.69 Å². The van der Waals surface area contributed by atoms with Crippen LogP contribution < -0.4 is 14.2 Å². The highest BCUT2D eigenvalue weighted by atomic mass is 16.5. The smallest absolute Gasteiger partial charge is 0.211 e. The highest BCUT2D eigenvalue weighted by Crippen LogP contribution is 2.39. The standard InChI is InChI=1S/C25H22N2O5/c1-30-21-12-17(13-22(31-2)25(21)32-3)24(29)20-7-5-18-19(27-20)6-4-16(14-28)23(18)15-8-10-26-11-9-15/h4-13,28H,14H2,1-3H3. The normalized spacial score (nSPS) is 10.8. The van der Waals surface area contributed by atoms with E-state index in [0.717, 1.165) is 22.1 Å². The third kappa shape index (κ3) is 3.74. The molecule has 0 aliphatic rings. The van der Waals surface area contributed by atoms with Gasteiger partial charge >= 0.3 is 0 Å². The Bertz CT molecular complexity index is 1260. The van der Waals surface area contributed by atoms with Crippen LogP contribution in [0.1, 0.15) is 21.6 Å². The minimum atomic E-state index is -0.275. The summed E-state index contributed by atoms with van der Waals surface area (Å²) in [5, 5.41) is 10.7. The Morgan fingerprint density at radius 2 is 1.59 bits per heavy atom. The van der Waals surface area contributed by atoms with E-state index in [1.807, 2.05) is 24.3 Å². The highest BCUT2D eigenvalue weighted by molar-refractivity contribution is 6.10. The van der Waals surface area contributed by atoms with Crippen LogP contribution in [0.2, 0.25) is 0 Å². The molecule has 0 spiro atoms. The lowest BCUT2D eigenvalue weighted by atomic mass is 9.95. The van der Waals surface area contributed by atoms with Crippen molar-refractivity contribution in [3.05, 3.63) is 77.7 Å². The van der Waals surface area contributed by atoms with Crippen molar-refractivity contribution in [2.75, 3.05) is 21.3 Å². The molecular weight excluding hydrogens is 408 g/mol. The Morgan fingerprint density at radius 3 is 2.19 bits per heavy atom. The van der Waals surface area contributed by atoms with Crippen LogP contribution >= 0.6 is 0 Å². The van der Waals surface area contributed by atoms with E-state index >= 15 is 0 Å². The molecule has 2 heterocycles. The average Bonchev–Trinajstić information content (AvgIpc) is 2.86. The Balaban J connectivity index is 1.82. The zero-order chi connectivity index (χ0) is 22.7. The van der Waals surface area contributed by atoms with Gasteiger partial charge in [0.05, 0.1) is 33.5 Å². The molecule has 0 aliphatic carbocycles. The van der Waals surface area contributed by atoms with Gasteiger partial charge in [0.25, 0.3) is 0 Å². The number of ether oxygens (including phenoxy) is 3. The molecular formula is C25H22N2O5. The predicted octanol–water partition coefficient (Wildman–Crippen LogP) is 4.05.